The molecule has 0 aliphatic rings. The molecule has 2 aromatic carbocycles. The highest BCUT2D eigenvalue weighted by Crippen LogP contribution is 2.41. The van der Waals surface area contributed by atoms with E-state index in [1.165, 1.54) is 15.2 Å². The summed E-state index contributed by atoms with van der Waals surface area (Å²) >= 11 is 8.34. The van der Waals surface area contributed by atoms with Crippen molar-refractivity contribution < 1.29 is 35.4 Å². The van der Waals surface area contributed by atoms with Crippen LogP contribution in [0.2, 0.25) is 5.02 Å². The van der Waals surface area contributed by atoms with Gasteiger partial charge in [0.15, 0.2) is 10.1 Å². The van der Waals surface area contributed by atoms with E-state index in [0.717, 1.165) is 34.0 Å². The lowest BCUT2D eigenvalue weighted by Gasteiger charge is -2.10. The molecule has 30 heavy (non-hydrogen) atoms. The van der Waals surface area contributed by atoms with Gasteiger partial charge in [0.2, 0.25) is 10.5 Å². The van der Waals surface area contributed by atoms with Gasteiger partial charge in [0.05, 0.1) is 12.7 Å². The van der Waals surface area contributed by atoms with Gasteiger partial charge in [-0.25, -0.2) is 8.42 Å². The molecule has 0 aliphatic heterocycles. The second-order valence-electron chi connectivity index (χ2n) is 6.24. The number of fused-ring (bicyclic) bond motifs is 1. The van der Waals surface area contributed by atoms with Crippen molar-refractivity contribution in [3.8, 4) is 16.9 Å². The predicted octanol–water partition coefficient (Wildman–Crippen LogP) is 5.21. The fraction of sp³-hybridized carbons (Fsp3) is 0.316. The lowest BCUT2D eigenvalue weighted by atomic mass is 10.0. The maximum atomic E-state index is 10.7. The van der Waals surface area contributed by atoms with E-state index in [2.05, 4.69) is 43.5 Å². The van der Waals surface area contributed by atoms with Crippen LogP contribution in [-0.2, 0) is 16.7 Å². The lowest BCUT2D eigenvalue weighted by molar-refractivity contribution is -0.669. The first-order valence-electron chi connectivity index (χ1n) is 8.60. The summed E-state index contributed by atoms with van der Waals surface area (Å²) in [6, 6.07) is 10.3. The molecule has 0 saturated heterocycles. The number of alkyl halides is 3. The van der Waals surface area contributed by atoms with Crippen molar-refractivity contribution in [1.29, 1.82) is 0 Å². The summed E-state index contributed by atoms with van der Waals surface area (Å²) in [4.78, 5) is 0. The van der Waals surface area contributed by atoms with E-state index in [1.54, 1.807) is 18.4 Å². The van der Waals surface area contributed by atoms with E-state index in [-0.39, 0.29) is 0 Å². The van der Waals surface area contributed by atoms with E-state index < -0.39 is 15.6 Å². The highest BCUT2D eigenvalue weighted by atomic mass is 35.5. The van der Waals surface area contributed by atoms with Crippen LogP contribution in [0.25, 0.3) is 21.3 Å². The fourth-order valence-corrected chi connectivity index (χ4v) is 4.33. The van der Waals surface area contributed by atoms with Crippen LogP contribution in [0, 0.1) is 13.8 Å². The third-order valence-corrected chi connectivity index (χ3v) is 6.17. The molecule has 0 fully saturated rings. The number of hydrogen-bond acceptors (Lipinski definition) is 5. The Bertz CT molecular complexity index is 1170. The van der Waals surface area contributed by atoms with Crippen molar-refractivity contribution in [2.45, 2.75) is 32.8 Å². The average molecular weight is 482 g/mol. The number of ether oxygens (including phenoxy) is 1. The number of methoxy groups -OCH3 is 1. The number of hydrogen-bond donors (Lipinski definition) is 0. The van der Waals surface area contributed by atoms with Crippen molar-refractivity contribution in [1.82, 2.24) is 0 Å². The quantitative estimate of drug-likeness (QED) is 0.292. The Hall–Kier alpha value is -1.88. The molecule has 0 saturated carbocycles. The summed E-state index contributed by atoms with van der Waals surface area (Å²) < 4.78 is 68.1. The summed E-state index contributed by atoms with van der Waals surface area (Å²) in [6.45, 7) is 7.30. The Balaban J connectivity index is 0.000000343. The van der Waals surface area contributed by atoms with Crippen molar-refractivity contribution in [3.05, 3.63) is 45.9 Å². The number of nitrogens with zero attached hydrogens (tertiary/aromatic N) is 1. The number of aryl methyl sites for hydroxylation is 3. The number of benzene rings is 2. The second kappa shape index (κ2) is 9.09. The van der Waals surface area contributed by atoms with Crippen LogP contribution in [0.4, 0.5) is 13.2 Å². The van der Waals surface area contributed by atoms with Gasteiger partial charge in [0, 0.05) is 17.5 Å². The molecule has 0 N–H and O–H groups in total. The Morgan fingerprint density at radius 2 is 1.80 bits per heavy atom. The number of aromatic nitrogens is 1. The maximum absolute atomic E-state index is 10.7. The molecule has 0 aliphatic carbocycles. The van der Waals surface area contributed by atoms with Crippen LogP contribution >= 0.6 is 22.9 Å². The van der Waals surface area contributed by atoms with Gasteiger partial charge in [-0.3, -0.25) is 0 Å². The molecule has 0 amide bonds. The molecule has 0 atom stereocenters. The van der Waals surface area contributed by atoms with Crippen LogP contribution in [-0.4, -0.2) is 25.6 Å². The monoisotopic (exact) mass is 481 g/mol. The second-order valence-corrected chi connectivity index (χ2v) is 9.25. The van der Waals surface area contributed by atoms with E-state index in [9.17, 15) is 13.2 Å². The van der Waals surface area contributed by atoms with Crippen molar-refractivity contribution >= 4 is 43.3 Å². The molecule has 0 unspecified atom stereocenters. The Labute approximate surface area is 181 Å². The van der Waals surface area contributed by atoms with Crippen LogP contribution in [0.5, 0.6) is 5.75 Å². The minimum Gasteiger partial charge on any atom is -0.741 e. The predicted molar refractivity (Wildman–Crippen MR) is 110 cm³/mol. The van der Waals surface area contributed by atoms with Gasteiger partial charge in [0.1, 0.15) is 17.0 Å². The number of halogens is 4. The minimum atomic E-state index is -6.09. The molecule has 3 rings (SSSR count). The summed E-state index contributed by atoms with van der Waals surface area (Å²) in [5.74, 6) is 0.859. The zero-order valence-electron chi connectivity index (χ0n) is 16.5. The van der Waals surface area contributed by atoms with E-state index in [0.29, 0.717) is 0 Å². The first-order valence-corrected chi connectivity index (χ1v) is 11.2. The molecule has 164 valence electrons. The third-order valence-electron chi connectivity index (χ3n) is 4.22. The first kappa shape index (κ1) is 24.4. The zero-order valence-corrected chi connectivity index (χ0v) is 18.9. The summed E-state index contributed by atoms with van der Waals surface area (Å²) in [5, 5.41) is 2.05. The third kappa shape index (κ3) is 5.05. The van der Waals surface area contributed by atoms with Gasteiger partial charge < -0.3 is 9.29 Å². The van der Waals surface area contributed by atoms with E-state index in [1.807, 2.05) is 12.1 Å². The molecule has 11 heteroatoms. The SMILES string of the molecule is CC[n+]1c(C)sc2ccc(OC)c(-c3ccc(C)cc3Cl)c21.O=S(=O)([O-])C(F)(F)F. The zero-order chi connectivity index (χ0) is 22.9. The molecule has 1 heterocycles. The van der Waals surface area contributed by atoms with Crippen LogP contribution in [0.1, 0.15) is 17.5 Å². The average Bonchev–Trinajstić information content (AvgIpc) is 2.95. The summed E-state index contributed by atoms with van der Waals surface area (Å²) in [7, 11) is -4.38. The van der Waals surface area contributed by atoms with Gasteiger partial charge in [-0.15, -0.1) is 0 Å². The van der Waals surface area contributed by atoms with Gasteiger partial charge >= 0.3 is 5.51 Å². The molecule has 0 spiro atoms. The number of thiazole rings is 1. The van der Waals surface area contributed by atoms with E-state index >= 15 is 0 Å². The Kier molecular flexibility index (Phi) is 7.39. The topological polar surface area (TPSA) is 70.3 Å². The largest absolute Gasteiger partial charge is 0.741 e. The van der Waals surface area contributed by atoms with Crippen LogP contribution < -0.4 is 9.30 Å². The minimum absolute atomic E-state index is 0.761. The molecule has 1 aromatic heterocycles. The van der Waals surface area contributed by atoms with Gasteiger partial charge in [-0.05, 0) is 37.6 Å². The van der Waals surface area contributed by atoms with Crippen LogP contribution in [0.15, 0.2) is 30.3 Å². The van der Waals surface area contributed by atoms with Gasteiger partial charge in [-0.1, -0.05) is 35.1 Å². The molecular formula is C19H19ClF3NO4S2. The van der Waals surface area contributed by atoms with Gasteiger partial charge in [0.25, 0.3) is 0 Å². The molecule has 5 nitrogen and oxygen atoms in total. The first-order chi connectivity index (χ1) is 13.8. The maximum Gasteiger partial charge on any atom is 0.485 e. The summed E-state index contributed by atoms with van der Waals surface area (Å²) in [6.07, 6.45) is 0. The molecular weight excluding hydrogens is 463 g/mol. The smallest absolute Gasteiger partial charge is 0.485 e. The highest BCUT2D eigenvalue weighted by molar-refractivity contribution is 7.86. The van der Waals surface area contributed by atoms with Crippen molar-refractivity contribution in [2.75, 3.05) is 7.11 Å². The molecule has 0 bridgehead atoms. The fourth-order valence-electron chi connectivity index (χ4n) is 2.91. The Morgan fingerprint density at radius 3 is 2.27 bits per heavy atom. The standard InChI is InChI=1S/C18H19ClNOS.CHF3O3S/c1-5-20-12(3)22-16-9-8-15(21-4)17(18(16)20)13-7-6-11(2)10-14(13)19;2-1(3,4)8(5,6)7/h6-10H,5H2,1-4H3;(H,5,6,7)/q+1;/p-1. The normalized spacial score (nSPS) is 11.9. The van der Waals surface area contributed by atoms with Gasteiger partial charge in [-0.2, -0.15) is 17.7 Å². The van der Waals surface area contributed by atoms with Crippen molar-refractivity contribution in [2.24, 2.45) is 0 Å². The molecule has 3 aromatic rings. The summed E-state index contributed by atoms with van der Waals surface area (Å²) in [5.41, 5.74) is -1.18. The van der Waals surface area contributed by atoms with Crippen molar-refractivity contribution in [3.63, 3.8) is 0 Å². The van der Waals surface area contributed by atoms with Crippen LogP contribution in [0.3, 0.4) is 0 Å². The number of rotatable bonds is 3. The Morgan fingerprint density at radius 1 is 1.20 bits per heavy atom. The van der Waals surface area contributed by atoms with E-state index in [4.69, 9.17) is 29.3 Å². The molecule has 0 radical (unpaired) electrons. The highest BCUT2D eigenvalue weighted by Gasteiger charge is 2.36. The lowest BCUT2D eigenvalue weighted by Crippen LogP contribution is -2.33.